The van der Waals surface area contributed by atoms with Gasteiger partial charge in [-0.3, -0.25) is 4.79 Å². The zero-order chi connectivity index (χ0) is 16.1. The van der Waals surface area contributed by atoms with E-state index in [1.54, 1.807) is 45.0 Å². The summed E-state index contributed by atoms with van der Waals surface area (Å²) in [5.41, 5.74) is 2.57. The molecule has 0 aliphatic heterocycles. The molecule has 0 unspecified atom stereocenters. The van der Waals surface area contributed by atoms with Gasteiger partial charge in [0.25, 0.3) is 0 Å². The molecule has 6 nitrogen and oxygen atoms in total. The molecule has 0 saturated heterocycles. The second kappa shape index (κ2) is 6.89. The van der Waals surface area contributed by atoms with Gasteiger partial charge in [0, 0.05) is 11.3 Å². The van der Waals surface area contributed by atoms with Gasteiger partial charge < -0.3 is 14.6 Å². The van der Waals surface area contributed by atoms with E-state index in [1.165, 1.54) is 0 Å². The van der Waals surface area contributed by atoms with Crippen LogP contribution in [0.2, 0.25) is 0 Å². The monoisotopic (exact) mass is 302 g/mol. The molecule has 0 spiro atoms. The van der Waals surface area contributed by atoms with Gasteiger partial charge in [0.05, 0.1) is 24.3 Å². The maximum absolute atomic E-state index is 12.0. The highest BCUT2D eigenvalue weighted by Crippen LogP contribution is 2.15. The fourth-order valence-electron chi connectivity index (χ4n) is 2.02. The molecule has 2 aromatic rings. The number of aryl methyl sites for hydroxylation is 2. The van der Waals surface area contributed by atoms with Gasteiger partial charge in [0.15, 0.2) is 0 Å². The number of carbonyl (C=O) groups is 2. The van der Waals surface area contributed by atoms with Crippen molar-refractivity contribution in [3.05, 3.63) is 46.8 Å². The number of rotatable bonds is 5. The summed E-state index contributed by atoms with van der Waals surface area (Å²) in [6, 6.07) is 6.56. The van der Waals surface area contributed by atoms with E-state index in [9.17, 15) is 9.59 Å². The van der Waals surface area contributed by atoms with Gasteiger partial charge in [-0.25, -0.2) is 4.79 Å². The summed E-state index contributed by atoms with van der Waals surface area (Å²) < 4.78 is 9.93. The van der Waals surface area contributed by atoms with Crippen molar-refractivity contribution < 1.29 is 18.8 Å². The summed E-state index contributed by atoms with van der Waals surface area (Å²) in [5.74, 6) is 0.0969. The number of nitrogens with one attached hydrogen (secondary N) is 1. The Labute approximate surface area is 128 Å². The SMILES string of the molecule is CCOC(=O)c1ccc(NC(=O)Cc2c(C)noc2C)cc1. The topological polar surface area (TPSA) is 81.4 Å². The molecule has 116 valence electrons. The lowest BCUT2D eigenvalue weighted by Crippen LogP contribution is -2.15. The molecular formula is C16H18N2O4. The molecule has 0 aliphatic carbocycles. The van der Waals surface area contributed by atoms with Crippen LogP contribution in [0.15, 0.2) is 28.8 Å². The number of ether oxygens (including phenoxy) is 1. The number of benzene rings is 1. The van der Waals surface area contributed by atoms with Crippen LogP contribution in [0.5, 0.6) is 0 Å². The van der Waals surface area contributed by atoms with Crippen LogP contribution in [0, 0.1) is 13.8 Å². The van der Waals surface area contributed by atoms with Gasteiger partial charge >= 0.3 is 5.97 Å². The summed E-state index contributed by atoms with van der Waals surface area (Å²) >= 11 is 0. The van der Waals surface area contributed by atoms with E-state index in [2.05, 4.69) is 10.5 Å². The third kappa shape index (κ3) is 3.72. The average Bonchev–Trinajstić information content (AvgIpc) is 2.80. The molecule has 1 N–H and O–H groups in total. The lowest BCUT2D eigenvalue weighted by molar-refractivity contribution is -0.115. The minimum Gasteiger partial charge on any atom is -0.462 e. The number of hydrogen-bond acceptors (Lipinski definition) is 5. The molecule has 1 amide bonds. The quantitative estimate of drug-likeness (QED) is 0.859. The van der Waals surface area contributed by atoms with Crippen molar-refractivity contribution in [1.29, 1.82) is 0 Å². The number of aromatic nitrogens is 1. The maximum Gasteiger partial charge on any atom is 0.338 e. The van der Waals surface area contributed by atoms with Crippen molar-refractivity contribution in [2.24, 2.45) is 0 Å². The Morgan fingerprint density at radius 1 is 1.23 bits per heavy atom. The lowest BCUT2D eigenvalue weighted by Gasteiger charge is -2.06. The number of esters is 1. The molecule has 0 aliphatic rings. The van der Waals surface area contributed by atoms with E-state index in [-0.39, 0.29) is 18.3 Å². The van der Waals surface area contributed by atoms with Gasteiger partial charge in [0.1, 0.15) is 5.76 Å². The van der Waals surface area contributed by atoms with Crippen molar-refractivity contribution in [1.82, 2.24) is 5.16 Å². The molecule has 0 radical (unpaired) electrons. The summed E-state index contributed by atoms with van der Waals surface area (Å²) in [6.45, 7) is 5.65. The zero-order valence-electron chi connectivity index (χ0n) is 12.8. The van der Waals surface area contributed by atoms with Gasteiger partial charge in [-0.2, -0.15) is 0 Å². The molecule has 1 aromatic carbocycles. The summed E-state index contributed by atoms with van der Waals surface area (Å²) in [6.07, 6.45) is 0.195. The highest BCUT2D eigenvalue weighted by Gasteiger charge is 2.14. The van der Waals surface area contributed by atoms with E-state index in [4.69, 9.17) is 9.26 Å². The number of amides is 1. The summed E-state index contributed by atoms with van der Waals surface area (Å²) in [7, 11) is 0. The van der Waals surface area contributed by atoms with E-state index < -0.39 is 0 Å². The fourth-order valence-corrected chi connectivity index (χ4v) is 2.02. The molecular weight excluding hydrogens is 284 g/mol. The Morgan fingerprint density at radius 2 is 1.91 bits per heavy atom. The Balaban J connectivity index is 1.99. The first-order chi connectivity index (χ1) is 10.5. The van der Waals surface area contributed by atoms with Crippen LogP contribution in [0.3, 0.4) is 0 Å². The van der Waals surface area contributed by atoms with E-state index >= 15 is 0 Å². The van der Waals surface area contributed by atoms with Gasteiger partial charge in [-0.1, -0.05) is 5.16 Å². The van der Waals surface area contributed by atoms with Crippen LogP contribution in [0.4, 0.5) is 5.69 Å². The van der Waals surface area contributed by atoms with Crippen molar-refractivity contribution in [2.45, 2.75) is 27.2 Å². The van der Waals surface area contributed by atoms with Gasteiger partial charge in [-0.05, 0) is 45.0 Å². The third-order valence-electron chi connectivity index (χ3n) is 3.20. The fraction of sp³-hybridized carbons (Fsp3) is 0.312. The number of anilines is 1. The molecule has 0 saturated carbocycles. The highest BCUT2D eigenvalue weighted by molar-refractivity contribution is 5.94. The molecule has 1 heterocycles. The Morgan fingerprint density at radius 3 is 2.45 bits per heavy atom. The van der Waals surface area contributed by atoms with Crippen LogP contribution in [0.1, 0.15) is 34.3 Å². The average molecular weight is 302 g/mol. The zero-order valence-corrected chi connectivity index (χ0v) is 12.8. The molecule has 6 heteroatoms. The lowest BCUT2D eigenvalue weighted by atomic mass is 10.1. The van der Waals surface area contributed by atoms with Crippen LogP contribution in [-0.2, 0) is 16.0 Å². The van der Waals surface area contributed by atoms with E-state index in [0.29, 0.717) is 29.3 Å². The number of carbonyl (C=O) groups excluding carboxylic acids is 2. The minimum absolute atomic E-state index is 0.168. The third-order valence-corrected chi connectivity index (χ3v) is 3.20. The van der Waals surface area contributed by atoms with Crippen molar-refractivity contribution >= 4 is 17.6 Å². The first kappa shape index (κ1) is 15.8. The molecule has 0 atom stereocenters. The number of nitrogens with zero attached hydrogens (tertiary/aromatic N) is 1. The van der Waals surface area contributed by atoms with E-state index in [0.717, 1.165) is 5.56 Å². The normalized spacial score (nSPS) is 10.3. The van der Waals surface area contributed by atoms with Crippen LogP contribution in [0.25, 0.3) is 0 Å². The number of hydrogen-bond donors (Lipinski definition) is 1. The molecule has 22 heavy (non-hydrogen) atoms. The van der Waals surface area contributed by atoms with Crippen molar-refractivity contribution in [3.8, 4) is 0 Å². The van der Waals surface area contributed by atoms with E-state index in [1.807, 2.05) is 0 Å². The smallest absolute Gasteiger partial charge is 0.338 e. The Bertz CT molecular complexity index is 654. The van der Waals surface area contributed by atoms with Crippen LogP contribution in [-0.4, -0.2) is 23.6 Å². The predicted octanol–water partition coefficient (Wildman–Crippen LogP) is 2.65. The van der Waals surface area contributed by atoms with Crippen LogP contribution >= 0.6 is 0 Å². The summed E-state index contributed by atoms with van der Waals surface area (Å²) in [5, 5.41) is 6.59. The second-order valence-corrected chi connectivity index (χ2v) is 4.83. The van der Waals surface area contributed by atoms with Gasteiger partial charge in [0.2, 0.25) is 5.91 Å². The molecule has 0 fully saturated rings. The second-order valence-electron chi connectivity index (χ2n) is 4.83. The minimum atomic E-state index is -0.379. The summed E-state index contributed by atoms with van der Waals surface area (Å²) in [4.78, 5) is 23.6. The van der Waals surface area contributed by atoms with Crippen molar-refractivity contribution in [3.63, 3.8) is 0 Å². The largest absolute Gasteiger partial charge is 0.462 e. The maximum atomic E-state index is 12.0. The Kier molecular flexibility index (Phi) is 4.93. The Hall–Kier alpha value is -2.63. The standard InChI is InChI=1S/C16H18N2O4/c1-4-21-16(20)12-5-7-13(8-6-12)17-15(19)9-14-10(2)18-22-11(14)3/h5-8H,4,9H2,1-3H3,(H,17,19). The predicted molar refractivity (Wildman–Crippen MR) is 80.7 cm³/mol. The first-order valence-electron chi connectivity index (χ1n) is 7.00. The molecule has 0 bridgehead atoms. The highest BCUT2D eigenvalue weighted by atomic mass is 16.5. The first-order valence-corrected chi connectivity index (χ1v) is 7.00. The van der Waals surface area contributed by atoms with Gasteiger partial charge in [-0.15, -0.1) is 0 Å². The molecule has 1 aromatic heterocycles. The molecule has 2 rings (SSSR count). The van der Waals surface area contributed by atoms with Crippen molar-refractivity contribution in [2.75, 3.05) is 11.9 Å². The van der Waals surface area contributed by atoms with Crippen LogP contribution < -0.4 is 5.32 Å².